The van der Waals surface area contributed by atoms with Crippen LogP contribution in [0.3, 0.4) is 0 Å². The van der Waals surface area contributed by atoms with Gasteiger partial charge in [-0.15, -0.1) is 0 Å². The van der Waals surface area contributed by atoms with Crippen LogP contribution in [0.15, 0.2) is 35.4 Å². The summed E-state index contributed by atoms with van der Waals surface area (Å²) in [5, 5.41) is 3.82. The van der Waals surface area contributed by atoms with Crippen molar-refractivity contribution in [3.05, 3.63) is 41.7 Å². The number of halogens is 3. The number of aryl methyl sites for hydroxylation is 1. The van der Waals surface area contributed by atoms with Crippen LogP contribution in [0.1, 0.15) is 11.3 Å². The monoisotopic (exact) mass is 319 g/mol. The van der Waals surface area contributed by atoms with Gasteiger partial charge in [-0.1, -0.05) is 0 Å². The van der Waals surface area contributed by atoms with E-state index in [-0.39, 0.29) is 10.6 Å². The Labute approximate surface area is 119 Å². The Morgan fingerprint density at radius 2 is 1.76 bits per heavy atom. The summed E-state index contributed by atoms with van der Waals surface area (Å²) in [6, 6.07) is 3.75. The van der Waals surface area contributed by atoms with Gasteiger partial charge >= 0.3 is 6.18 Å². The Hall–Kier alpha value is -2.03. The van der Waals surface area contributed by atoms with Crippen LogP contribution in [0.4, 0.5) is 18.9 Å². The second-order valence-electron chi connectivity index (χ2n) is 4.40. The average Bonchev–Trinajstić information content (AvgIpc) is 2.69. The van der Waals surface area contributed by atoms with E-state index in [0.717, 1.165) is 24.3 Å². The molecule has 0 aliphatic rings. The highest BCUT2D eigenvalue weighted by molar-refractivity contribution is 7.92. The van der Waals surface area contributed by atoms with Crippen LogP contribution in [0.5, 0.6) is 0 Å². The smallest absolute Gasteiger partial charge is 0.280 e. The molecule has 9 heteroatoms. The highest BCUT2D eigenvalue weighted by atomic mass is 32.2. The van der Waals surface area contributed by atoms with Crippen molar-refractivity contribution in [1.82, 2.24) is 9.78 Å². The molecule has 0 aliphatic carbocycles. The Morgan fingerprint density at radius 3 is 2.19 bits per heavy atom. The SMILES string of the molecule is Cc1c(S(=O)(=O)Nc2ccc(C(F)(F)F)cc2)cnn1C. The molecule has 0 aliphatic heterocycles. The molecule has 1 aromatic heterocycles. The van der Waals surface area contributed by atoms with E-state index in [9.17, 15) is 21.6 Å². The number of alkyl halides is 3. The predicted octanol–water partition coefficient (Wildman–Crippen LogP) is 2.55. The molecular formula is C12H12F3N3O2S. The maximum atomic E-state index is 12.4. The maximum Gasteiger partial charge on any atom is 0.416 e. The first kappa shape index (κ1) is 15.4. The van der Waals surface area contributed by atoms with E-state index in [2.05, 4.69) is 9.82 Å². The lowest BCUT2D eigenvalue weighted by atomic mass is 10.2. The summed E-state index contributed by atoms with van der Waals surface area (Å²) in [5.41, 5.74) is -0.372. The van der Waals surface area contributed by atoms with Crippen molar-refractivity contribution in [2.24, 2.45) is 7.05 Å². The molecular weight excluding hydrogens is 307 g/mol. The van der Waals surface area contributed by atoms with Crippen LogP contribution < -0.4 is 4.72 Å². The van der Waals surface area contributed by atoms with Crippen molar-refractivity contribution >= 4 is 15.7 Å². The van der Waals surface area contributed by atoms with Crippen molar-refractivity contribution in [2.75, 3.05) is 4.72 Å². The van der Waals surface area contributed by atoms with E-state index in [4.69, 9.17) is 0 Å². The van der Waals surface area contributed by atoms with Crippen LogP contribution in [0.2, 0.25) is 0 Å². The van der Waals surface area contributed by atoms with Gasteiger partial charge in [-0.25, -0.2) is 8.42 Å². The normalized spacial score (nSPS) is 12.4. The predicted molar refractivity (Wildman–Crippen MR) is 70.2 cm³/mol. The number of benzene rings is 1. The standard InChI is InChI=1S/C12H12F3N3O2S/c1-8-11(7-16-18(8)2)21(19,20)17-10-5-3-9(4-6-10)12(13,14)15/h3-7,17H,1-2H3. The molecule has 114 valence electrons. The number of hydrogen-bond donors (Lipinski definition) is 1. The minimum absolute atomic E-state index is 0.0232. The molecule has 1 heterocycles. The van der Waals surface area contributed by atoms with Crippen LogP contribution in [0.25, 0.3) is 0 Å². The highest BCUT2D eigenvalue weighted by Gasteiger charge is 2.30. The molecule has 1 aromatic carbocycles. The van der Waals surface area contributed by atoms with E-state index in [1.165, 1.54) is 10.9 Å². The van der Waals surface area contributed by atoms with Gasteiger partial charge in [0.15, 0.2) is 0 Å². The maximum absolute atomic E-state index is 12.4. The number of aromatic nitrogens is 2. The van der Waals surface area contributed by atoms with Crippen molar-refractivity contribution in [1.29, 1.82) is 0 Å². The molecule has 0 atom stereocenters. The van der Waals surface area contributed by atoms with Crippen LogP contribution >= 0.6 is 0 Å². The lowest BCUT2D eigenvalue weighted by molar-refractivity contribution is -0.137. The summed E-state index contributed by atoms with van der Waals surface area (Å²) in [6.07, 6.45) is -3.28. The van der Waals surface area contributed by atoms with E-state index in [1.807, 2.05) is 0 Å². The van der Waals surface area contributed by atoms with Gasteiger partial charge < -0.3 is 0 Å². The number of hydrogen-bond acceptors (Lipinski definition) is 3. The number of rotatable bonds is 3. The van der Waals surface area contributed by atoms with Gasteiger partial charge in [0, 0.05) is 12.7 Å². The zero-order valence-electron chi connectivity index (χ0n) is 11.1. The summed E-state index contributed by atoms with van der Waals surface area (Å²) < 4.78 is 65.2. The molecule has 0 bridgehead atoms. The quantitative estimate of drug-likeness (QED) is 0.945. The molecule has 0 spiro atoms. The molecule has 0 unspecified atom stereocenters. The second kappa shape index (κ2) is 5.06. The first-order valence-corrected chi connectivity index (χ1v) is 7.28. The molecule has 21 heavy (non-hydrogen) atoms. The second-order valence-corrected chi connectivity index (χ2v) is 6.05. The van der Waals surface area contributed by atoms with E-state index >= 15 is 0 Å². The number of nitrogens with one attached hydrogen (secondary N) is 1. The highest BCUT2D eigenvalue weighted by Crippen LogP contribution is 2.30. The number of anilines is 1. The largest absolute Gasteiger partial charge is 0.416 e. The summed E-state index contributed by atoms with van der Waals surface area (Å²) in [7, 11) is -2.30. The molecule has 2 rings (SSSR count). The van der Waals surface area contributed by atoms with Gasteiger partial charge in [0.1, 0.15) is 4.90 Å². The van der Waals surface area contributed by atoms with Gasteiger partial charge in [0.2, 0.25) is 0 Å². The van der Waals surface area contributed by atoms with Crippen molar-refractivity contribution in [2.45, 2.75) is 18.0 Å². The lowest BCUT2D eigenvalue weighted by Gasteiger charge is -2.10. The molecule has 1 N–H and O–H groups in total. The van der Waals surface area contributed by atoms with Crippen molar-refractivity contribution < 1.29 is 21.6 Å². The Kier molecular flexibility index (Phi) is 3.70. The molecule has 0 saturated heterocycles. The van der Waals surface area contributed by atoms with E-state index in [0.29, 0.717) is 5.69 Å². The first-order chi connectivity index (χ1) is 9.61. The van der Waals surface area contributed by atoms with Crippen LogP contribution in [0, 0.1) is 6.92 Å². The fourth-order valence-corrected chi connectivity index (χ4v) is 2.94. The fraction of sp³-hybridized carbons (Fsp3) is 0.250. The van der Waals surface area contributed by atoms with Gasteiger partial charge in [-0.3, -0.25) is 9.40 Å². The van der Waals surface area contributed by atoms with Crippen LogP contribution in [-0.4, -0.2) is 18.2 Å². The molecule has 0 radical (unpaired) electrons. The van der Waals surface area contributed by atoms with Crippen molar-refractivity contribution in [3.63, 3.8) is 0 Å². The average molecular weight is 319 g/mol. The van der Waals surface area contributed by atoms with Gasteiger partial charge in [-0.05, 0) is 31.2 Å². The molecule has 2 aromatic rings. The summed E-state index contributed by atoms with van der Waals surface area (Å²) in [4.78, 5) is -0.0232. The van der Waals surface area contributed by atoms with Gasteiger partial charge in [0.05, 0.1) is 17.5 Å². The third-order valence-electron chi connectivity index (χ3n) is 2.94. The molecule has 5 nitrogen and oxygen atoms in total. The number of sulfonamides is 1. The summed E-state index contributed by atoms with van der Waals surface area (Å²) >= 11 is 0. The lowest BCUT2D eigenvalue weighted by Crippen LogP contribution is -2.14. The third kappa shape index (κ3) is 3.18. The molecule has 0 fully saturated rings. The summed E-state index contributed by atoms with van der Waals surface area (Å²) in [6.45, 7) is 1.58. The zero-order chi connectivity index (χ0) is 15.8. The topological polar surface area (TPSA) is 64.0 Å². The fourth-order valence-electron chi connectivity index (χ4n) is 1.68. The molecule has 0 amide bonds. The third-order valence-corrected chi connectivity index (χ3v) is 4.43. The first-order valence-electron chi connectivity index (χ1n) is 5.80. The number of nitrogens with zero attached hydrogens (tertiary/aromatic N) is 2. The van der Waals surface area contributed by atoms with Gasteiger partial charge in [0.25, 0.3) is 10.0 Å². The molecule has 0 saturated carbocycles. The van der Waals surface area contributed by atoms with Crippen LogP contribution in [-0.2, 0) is 23.2 Å². The van der Waals surface area contributed by atoms with Crippen molar-refractivity contribution in [3.8, 4) is 0 Å². The van der Waals surface area contributed by atoms with Gasteiger partial charge in [-0.2, -0.15) is 18.3 Å². The van der Waals surface area contributed by atoms with E-state index in [1.54, 1.807) is 14.0 Å². The minimum atomic E-state index is -4.46. The zero-order valence-corrected chi connectivity index (χ0v) is 12.0. The Bertz CT molecular complexity index is 749. The van der Waals surface area contributed by atoms with E-state index < -0.39 is 21.8 Å². The Morgan fingerprint density at radius 1 is 1.19 bits per heavy atom. The Balaban J connectivity index is 2.27. The minimum Gasteiger partial charge on any atom is -0.280 e. The summed E-state index contributed by atoms with van der Waals surface area (Å²) in [5.74, 6) is 0.